The number of benzene rings is 3. The van der Waals surface area contributed by atoms with Crippen molar-refractivity contribution >= 4 is 49.7 Å². The van der Waals surface area contributed by atoms with Crippen LogP contribution < -0.4 is 9.62 Å². The molecule has 1 N–H and O–H groups in total. The molecule has 4 rings (SSSR count). The van der Waals surface area contributed by atoms with Crippen LogP contribution in [0.5, 0.6) is 0 Å². The lowest BCUT2D eigenvalue weighted by atomic mass is 10.2. The maximum absolute atomic E-state index is 13.5. The molecular weight excluding hydrogens is 492 g/mol. The summed E-state index contributed by atoms with van der Waals surface area (Å²) in [7, 11) is -4.04. The van der Waals surface area contributed by atoms with E-state index in [4.69, 9.17) is 11.6 Å². The van der Waals surface area contributed by atoms with E-state index >= 15 is 0 Å². The number of carbonyl (C=O) groups excluding carboxylic acids is 1. The molecule has 0 atom stereocenters. The molecule has 34 heavy (non-hydrogen) atoms. The van der Waals surface area contributed by atoms with Gasteiger partial charge in [-0.15, -0.1) is 10.2 Å². The fourth-order valence-electron chi connectivity index (χ4n) is 3.25. The number of nitrogens with zero attached hydrogens (tertiary/aromatic N) is 3. The molecule has 0 bridgehead atoms. The molecule has 174 valence electrons. The second-order valence-corrected chi connectivity index (χ2v) is 10.9. The molecule has 1 amide bonds. The number of nitrogens with one attached hydrogen (secondary N) is 1. The highest BCUT2D eigenvalue weighted by atomic mass is 35.5. The summed E-state index contributed by atoms with van der Waals surface area (Å²) in [6.07, 6.45) is 0. The number of sulfonamides is 1. The lowest BCUT2D eigenvalue weighted by Gasteiger charge is -2.25. The van der Waals surface area contributed by atoms with E-state index in [9.17, 15) is 13.2 Å². The van der Waals surface area contributed by atoms with E-state index < -0.39 is 22.5 Å². The molecule has 0 fully saturated rings. The predicted octanol–water partition coefficient (Wildman–Crippen LogP) is 5.31. The summed E-state index contributed by atoms with van der Waals surface area (Å²) in [5, 5.41) is 12.1. The van der Waals surface area contributed by atoms with Crippen LogP contribution in [0.1, 0.15) is 11.1 Å². The lowest BCUT2D eigenvalue weighted by Crippen LogP contribution is -2.38. The summed E-state index contributed by atoms with van der Waals surface area (Å²) in [6.45, 7) is 3.29. The van der Waals surface area contributed by atoms with Crippen molar-refractivity contribution in [3.05, 3.63) is 88.9 Å². The van der Waals surface area contributed by atoms with Crippen molar-refractivity contribution in [1.82, 2.24) is 10.2 Å². The molecule has 0 radical (unpaired) electrons. The highest BCUT2D eigenvalue weighted by molar-refractivity contribution is 7.92. The molecule has 0 aliphatic carbocycles. The summed E-state index contributed by atoms with van der Waals surface area (Å²) in [5.41, 5.74) is 2.99. The Bertz CT molecular complexity index is 1420. The standard InChI is InChI=1S/C24H21ClN4O3S2/c1-16-8-11-18(12-9-16)23-27-28-24(33-23)26-22(30)15-29(21-14-19(25)13-10-17(21)2)34(31,32)20-6-4-3-5-7-20/h3-14H,15H2,1-2H3,(H,26,28,30). The summed E-state index contributed by atoms with van der Waals surface area (Å²) >= 11 is 7.36. The summed E-state index contributed by atoms with van der Waals surface area (Å²) < 4.78 is 28.0. The van der Waals surface area contributed by atoms with Crippen LogP contribution in [0.15, 0.2) is 77.7 Å². The van der Waals surface area contributed by atoms with Crippen molar-refractivity contribution in [1.29, 1.82) is 0 Å². The zero-order chi connectivity index (χ0) is 24.3. The topological polar surface area (TPSA) is 92.3 Å². The van der Waals surface area contributed by atoms with Gasteiger partial charge in [0.15, 0.2) is 0 Å². The van der Waals surface area contributed by atoms with E-state index in [1.54, 1.807) is 37.3 Å². The molecule has 0 aliphatic rings. The largest absolute Gasteiger partial charge is 0.299 e. The highest BCUT2D eigenvalue weighted by Crippen LogP contribution is 2.30. The summed E-state index contributed by atoms with van der Waals surface area (Å²) in [4.78, 5) is 13.0. The van der Waals surface area contributed by atoms with E-state index in [1.807, 2.05) is 31.2 Å². The zero-order valence-corrected chi connectivity index (χ0v) is 20.8. The maximum Gasteiger partial charge on any atom is 0.264 e. The zero-order valence-electron chi connectivity index (χ0n) is 18.4. The Morgan fingerprint density at radius 1 is 1.00 bits per heavy atom. The predicted molar refractivity (Wildman–Crippen MR) is 136 cm³/mol. The van der Waals surface area contributed by atoms with Crippen molar-refractivity contribution in [3.63, 3.8) is 0 Å². The van der Waals surface area contributed by atoms with Crippen molar-refractivity contribution in [2.45, 2.75) is 18.7 Å². The van der Waals surface area contributed by atoms with Gasteiger partial charge in [-0.2, -0.15) is 0 Å². The van der Waals surface area contributed by atoms with E-state index in [2.05, 4.69) is 15.5 Å². The van der Waals surface area contributed by atoms with Crippen LogP contribution in [0.25, 0.3) is 10.6 Å². The summed E-state index contributed by atoms with van der Waals surface area (Å²) in [5.74, 6) is -0.550. The molecule has 4 aromatic rings. The third-order valence-corrected chi connectivity index (χ3v) is 7.92. The van der Waals surface area contributed by atoms with Crippen LogP contribution in [0.2, 0.25) is 5.02 Å². The molecule has 0 saturated carbocycles. The molecule has 0 saturated heterocycles. The number of halogens is 1. The number of anilines is 2. The van der Waals surface area contributed by atoms with Crippen LogP contribution in [0, 0.1) is 13.8 Å². The number of aryl methyl sites for hydroxylation is 2. The van der Waals surface area contributed by atoms with Crippen LogP contribution in [-0.2, 0) is 14.8 Å². The van der Waals surface area contributed by atoms with Gasteiger partial charge in [-0.25, -0.2) is 8.42 Å². The van der Waals surface area contributed by atoms with Gasteiger partial charge >= 0.3 is 0 Å². The van der Waals surface area contributed by atoms with Crippen molar-refractivity contribution in [2.24, 2.45) is 0 Å². The lowest BCUT2D eigenvalue weighted by molar-refractivity contribution is -0.114. The number of aromatic nitrogens is 2. The smallest absolute Gasteiger partial charge is 0.264 e. The van der Waals surface area contributed by atoms with Crippen LogP contribution in [0.3, 0.4) is 0 Å². The van der Waals surface area contributed by atoms with Crippen LogP contribution >= 0.6 is 22.9 Å². The first-order chi connectivity index (χ1) is 16.2. The van der Waals surface area contributed by atoms with E-state index in [0.717, 1.165) is 15.4 Å². The first-order valence-electron chi connectivity index (χ1n) is 10.3. The molecule has 0 spiro atoms. The van der Waals surface area contributed by atoms with Crippen molar-refractivity contribution in [2.75, 3.05) is 16.2 Å². The average molecular weight is 513 g/mol. The minimum atomic E-state index is -4.04. The molecule has 7 nitrogen and oxygen atoms in total. The number of carbonyl (C=O) groups is 1. The van der Waals surface area contributed by atoms with Gasteiger partial charge in [-0.3, -0.25) is 14.4 Å². The first-order valence-corrected chi connectivity index (χ1v) is 12.9. The van der Waals surface area contributed by atoms with E-state index in [1.165, 1.54) is 29.5 Å². The number of amides is 1. The van der Waals surface area contributed by atoms with Gasteiger partial charge in [0.1, 0.15) is 11.6 Å². The van der Waals surface area contributed by atoms with Crippen molar-refractivity contribution < 1.29 is 13.2 Å². The molecule has 10 heteroatoms. The van der Waals surface area contributed by atoms with Gasteiger partial charge in [0.2, 0.25) is 11.0 Å². The van der Waals surface area contributed by atoms with Crippen LogP contribution in [0.4, 0.5) is 10.8 Å². The minimum absolute atomic E-state index is 0.0692. The Balaban J connectivity index is 1.61. The molecule has 1 heterocycles. The first kappa shape index (κ1) is 23.9. The second-order valence-electron chi connectivity index (χ2n) is 7.58. The molecular formula is C24H21ClN4O3S2. The quantitative estimate of drug-likeness (QED) is 0.362. The third-order valence-electron chi connectivity index (χ3n) is 5.03. The fourth-order valence-corrected chi connectivity index (χ4v) is 5.68. The van der Waals surface area contributed by atoms with Crippen molar-refractivity contribution in [3.8, 4) is 10.6 Å². The monoisotopic (exact) mass is 512 g/mol. The van der Waals surface area contributed by atoms with Crippen LogP contribution in [-0.4, -0.2) is 31.1 Å². The third kappa shape index (κ3) is 5.27. The normalized spacial score (nSPS) is 11.3. The van der Waals surface area contributed by atoms with Gasteiger partial charge < -0.3 is 0 Å². The number of hydrogen-bond donors (Lipinski definition) is 1. The number of hydrogen-bond acceptors (Lipinski definition) is 6. The van der Waals surface area contributed by atoms with Gasteiger partial charge in [0.25, 0.3) is 10.0 Å². The Labute approximate surface area is 207 Å². The SMILES string of the molecule is Cc1ccc(-c2nnc(NC(=O)CN(c3cc(Cl)ccc3C)S(=O)(=O)c3ccccc3)s2)cc1. The number of rotatable bonds is 7. The molecule has 3 aromatic carbocycles. The highest BCUT2D eigenvalue weighted by Gasteiger charge is 2.28. The molecule has 0 unspecified atom stereocenters. The van der Waals surface area contributed by atoms with E-state index in [0.29, 0.717) is 21.3 Å². The summed E-state index contributed by atoms with van der Waals surface area (Å²) in [6, 6.07) is 20.7. The van der Waals surface area contributed by atoms with Gasteiger partial charge in [-0.1, -0.05) is 77.0 Å². The second kappa shape index (κ2) is 9.92. The average Bonchev–Trinajstić information content (AvgIpc) is 3.28. The van der Waals surface area contributed by atoms with E-state index in [-0.39, 0.29) is 10.0 Å². The molecule has 1 aromatic heterocycles. The van der Waals surface area contributed by atoms with Gasteiger partial charge in [0, 0.05) is 10.6 Å². The Kier molecular flexibility index (Phi) is 6.97. The Morgan fingerprint density at radius 2 is 1.71 bits per heavy atom. The van der Waals surface area contributed by atoms with Gasteiger partial charge in [0.05, 0.1) is 10.6 Å². The molecule has 0 aliphatic heterocycles. The maximum atomic E-state index is 13.5. The Morgan fingerprint density at radius 3 is 2.41 bits per heavy atom. The minimum Gasteiger partial charge on any atom is -0.299 e. The Hall–Kier alpha value is -3.27. The van der Waals surface area contributed by atoms with Gasteiger partial charge in [-0.05, 0) is 43.7 Å². The fraction of sp³-hybridized carbons (Fsp3) is 0.125.